The van der Waals surface area contributed by atoms with Crippen LogP contribution < -0.4 is 0 Å². The molecule has 0 fully saturated rings. The van der Waals surface area contributed by atoms with Crippen LogP contribution in [0, 0.1) is 6.92 Å². The molecule has 2 aromatic rings. The normalized spacial score (nSPS) is 10.6. The SMILES string of the molecule is CSc1nc(C(=O)O)c(-c2ccc(C)o2)[nH]1. The number of aryl methyl sites for hydroxylation is 1. The summed E-state index contributed by atoms with van der Waals surface area (Å²) in [5, 5.41) is 9.57. The fraction of sp³-hybridized carbons (Fsp3) is 0.200. The Morgan fingerprint density at radius 2 is 2.31 bits per heavy atom. The maximum atomic E-state index is 11.0. The number of aromatic nitrogens is 2. The molecule has 0 aromatic carbocycles. The number of H-pyrrole nitrogens is 1. The summed E-state index contributed by atoms with van der Waals surface area (Å²) in [4.78, 5) is 17.9. The fourth-order valence-corrected chi connectivity index (χ4v) is 1.74. The molecule has 0 radical (unpaired) electrons. The lowest BCUT2D eigenvalue weighted by Gasteiger charge is -1.93. The van der Waals surface area contributed by atoms with Crippen LogP contribution in [0.25, 0.3) is 11.5 Å². The molecule has 5 nitrogen and oxygen atoms in total. The first-order valence-electron chi connectivity index (χ1n) is 4.56. The molecule has 0 atom stereocenters. The van der Waals surface area contributed by atoms with E-state index in [1.807, 2.05) is 6.26 Å². The van der Waals surface area contributed by atoms with Gasteiger partial charge in [0.05, 0.1) is 0 Å². The topological polar surface area (TPSA) is 79.1 Å². The lowest BCUT2D eigenvalue weighted by molar-refractivity contribution is 0.0691. The van der Waals surface area contributed by atoms with E-state index in [9.17, 15) is 4.79 Å². The number of carboxylic acids is 1. The Kier molecular flexibility index (Phi) is 2.74. The molecule has 0 aliphatic rings. The van der Waals surface area contributed by atoms with Gasteiger partial charge in [0.1, 0.15) is 11.5 Å². The number of nitrogens with one attached hydrogen (secondary N) is 1. The maximum Gasteiger partial charge on any atom is 0.356 e. The van der Waals surface area contributed by atoms with Gasteiger partial charge in [0, 0.05) is 0 Å². The fourth-order valence-electron chi connectivity index (χ4n) is 1.35. The number of carboxylic acid groups (broad SMARTS) is 1. The number of carbonyl (C=O) groups is 1. The first-order chi connectivity index (χ1) is 7.61. The Bertz CT molecular complexity index is 530. The van der Waals surface area contributed by atoms with Crippen LogP contribution in [0.3, 0.4) is 0 Å². The van der Waals surface area contributed by atoms with Crippen molar-refractivity contribution in [2.75, 3.05) is 6.26 Å². The van der Waals surface area contributed by atoms with E-state index in [2.05, 4.69) is 9.97 Å². The van der Waals surface area contributed by atoms with Gasteiger partial charge >= 0.3 is 5.97 Å². The van der Waals surface area contributed by atoms with Gasteiger partial charge in [-0.2, -0.15) is 0 Å². The summed E-state index contributed by atoms with van der Waals surface area (Å²) in [6, 6.07) is 3.50. The van der Waals surface area contributed by atoms with E-state index in [1.54, 1.807) is 19.1 Å². The summed E-state index contributed by atoms with van der Waals surface area (Å²) >= 11 is 1.35. The summed E-state index contributed by atoms with van der Waals surface area (Å²) in [5.41, 5.74) is 0.392. The van der Waals surface area contributed by atoms with Crippen molar-refractivity contribution < 1.29 is 14.3 Å². The summed E-state index contributed by atoms with van der Waals surface area (Å²) in [5.74, 6) is 0.148. The third-order valence-electron chi connectivity index (χ3n) is 2.06. The van der Waals surface area contributed by atoms with E-state index in [-0.39, 0.29) is 5.69 Å². The molecule has 0 saturated heterocycles. The van der Waals surface area contributed by atoms with E-state index >= 15 is 0 Å². The third kappa shape index (κ3) is 1.83. The number of aromatic carboxylic acids is 1. The Hall–Kier alpha value is -1.69. The van der Waals surface area contributed by atoms with Crippen molar-refractivity contribution in [2.24, 2.45) is 0 Å². The molecule has 0 aliphatic heterocycles. The zero-order valence-electron chi connectivity index (χ0n) is 8.77. The highest BCUT2D eigenvalue weighted by Gasteiger charge is 2.19. The minimum Gasteiger partial charge on any atom is -0.476 e. The predicted octanol–water partition coefficient (Wildman–Crippen LogP) is 2.40. The number of rotatable bonds is 3. The van der Waals surface area contributed by atoms with Gasteiger partial charge in [0.25, 0.3) is 0 Å². The number of hydrogen-bond donors (Lipinski definition) is 2. The van der Waals surface area contributed by atoms with Crippen molar-refractivity contribution in [2.45, 2.75) is 12.1 Å². The van der Waals surface area contributed by atoms with Crippen LogP contribution in [0.5, 0.6) is 0 Å². The van der Waals surface area contributed by atoms with Gasteiger partial charge in [-0.1, -0.05) is 11.8 Å². The zero-order chi connectivity index (χ0) is 11.7. The first kappa shape index (κ1) is 10.8. The summed E-state index contributed by atoms with van der Waals surface area (Å²) in [6.45, 7) is 1.80. The molecular formula is C10H10N2O3S. The summed E-state index contributed by atoms with van der Waals surface area (Å²) in [7, 11) is 0. The van der Waals surface area contributed by atoms with Crippen LogP contribution in [0.2, 0.25) is 0 Å². The van der Waals surface area contributed by atoms with E-state index < -0.39 is 5.97 Å². The van der Waals surface area contributed by atoms with Gasteiger partial charge in [-0.3, -0.25) is 0 Å². The largest absolute Gasteiger partial charge is 0.476 e. The summed E-state index contributed by atoms with van der Waals surface area (Å²) < 4.78 is 5.37. The van der Waals surface area contributed by atoms with Gasteiger partial charge in [0.15, 0.2) is 16.6 Å². The minimum atomic E-state index is -1.07. The smallest absolute Gasteiger partial charge is 0.356 e. The molecule has 2 N–H and O–H groups in total. The van der Waals surface area contributed by atoms with Crippen molar-refractivity contribution >= 4 is 17.7 Å². The predicted molar refractivity (Wildman–Crippen MR) is 59.8 cm³/mol. The molecule has 84 valence electrons. The Balaban J connectivity index is 2.54. The number of aromatic amines is 1. The number of nitrogens with zero attached hydrogens (tertiary/aromatic N) is 1. The Morgan fingerprint density at radius 1 is 1.56 bits per heavy atom. The Labute approximate surface area is 95.9 Å². The van der Waals surface area contributed by atoms with Gasteiger partial charge < -0.3 is 14.5 Å². The van der Waals surface area contributed by atoms with Crippen LogP contribution >= 0.6 is 11.8 Å². The number of imidazole rings is 1. The molecule has 2 rings (SSSR count). The standard InChI is InChI=1S/C10H10N2O3S/c1-5-3-4-6(15-5)7-8(9(13)14)12-10(11-7)16-2/h3-4H,1-2H3,(H,11,12)(H,13,14). The van der Waals surface area contributed by atoms with Crippen LogP contribution in [0.1, 0.15) is 16.2 Å². The molecular weight excluding hydrogens is 228 g/mol. The Morgan fingerprint density at radius 3 is 2.81 bits per heavy atom. The van der Waals surface area contributed by atoms with Crippen molar-refractivity contribution in [3.05, 3.63) is 23.6 Å². The van der Waals surface area contributed by atoms with E-state index in [0.717, 1.165) is 5.76 Å². The van der Waals surface area contributed by atoms with Gasteiger partial charge in [-0.05, 0) is 25.3 Å². The highest BCUT2D eigenvalue weighted by molar-refractivity contribution is 7.98. The van der Waals surface area contributed by atoms with Crippen molar-refractivity contribution in [1.29, 1.82) is 0 Å². The second kappa shape index (κ2) is 4.05. The lowest BCUT2D eigenvalue weighted by atomic mass is 10.2. The molecule has 0 bridgehead atoms. The molecule has 0 unspecified atom stereocenters. The average Bonchev–Trinajstić information content (AvgIpc) is 2.82. The molecule has 6 heteroatoms. The van der Waals surface area contributed by atoms with Gasteiger partial charge in [-0.25, -0.2) is 9.78 Å². The highest BCUT2D eigenvalue weighted by Crippen LogP contribution is 2.26. The van der Waals surface area contributed by atoms with Crippen LogP contribution in [0.4, 0.5) is 0 Å². The third-order valence-corrected chi connectivity index (χ3v) is 2.64. The number of hydrogen-bond acceptors (Lipinski definition) is 4. The average molecular weight is 238 g/mol. The maximum absolute atomic E-state index is 11.0. The molecule has 0 spiro atoms. The quantitative estimate of drug-likeness (QED) is 0.803. The second-order valence-electron chi connectivity index (χ2n) is 3.19. The monoisotopic (exact) mass is 238 g/mol. The number of furan rings is 1. The molecule has 16 heavy (non-hydrogen) atoms. The first-order valence-corrected chi connectivity index (χ1v) is 5.78. The molecule has 2 aromatic heterocycles. The molecule has 2 heterocycles. The summed E-state index contributed by atoms with van der Waals surface area (Å²) in [6.07, 6.45) is 1.82. The van der Waals surface area contributed by atoms with Crippen molar-refractivity contribution in [1.82, 2.24) is 9.97 Å². The number of thioether (sulfide) groups is 1. The van der Waals surface area contributed by atoms with Crippen molar-refractivity contribution in [3.8, 4) is 11.5 Å². The van der Waals surface area contributed by atoms with E-state index in [0.29, 0.717) is 16.6 Å². The van der Waals surface area contributed by atoms with Crippen LogP contribution in [-0.2, 0) is 0 Å². The van der Waals surface area contributed by atoms with E-state index in [4.69, 9.17) is 9.52 Å². The van der Waals surface area contributed by atoms with Crippen LogP contribution in [-0.4, -0.2) is 27.3 Å². The van der Waals surface area contributed by atoms with Gasteiger partial charge in [0.2, 0.25) is 0 Å². The van der Waals surface area contributed by atoms with E-state index in [1.165, 1.54) is 11.8 Å². The van der Waals surface area contributed by atoms with Crippen LogP contribution in [0.15, 0.2) is 21.7 Å². The zero-order valence-corrected chi connectivity index (χ0v) is 9.59. The minimum absolute atomic E-state index is 0.0151. The van der Waals surface area contributed by atoms with Gasteiger partial charge in [-0.15, -0.1) is 0 Å². The molecule has 0 aliphatic carbocycles. The lowest BCUT2D eigenvalue weighted by Crippen LogP contribution is -1.98. The second-order valence-corrected chi connectivity index (χ2v) is 3.98. The van der Waals surface area contributed by atoms with Crippen molar-refractivity contribution in [3.63, 3.8) is 0 Å². The highest BCUT2D eigenvalue weighted by atomic mass is 32.2. The molecule has 0 saturated carbocycles. The molecule has 0 amide bonds.